The van der Waals surface area contributed by atoms with Gasteiger partial charge in [0.25, 0.3) is 10.0 Å². The number of carbonyl (C=O) groups excluding carboxylic acids is 1. The molecule has 2 atom stereocenters. The minimum absolute atomic E-state index is 0.0830. The number of fused-ring (bicyclic) bond motifs is 1. The molecule has 46 heavy (non-hydrogen) atoms. The highest BCUT2D eigenvalue weighted by Gasteiger charge is 2.21. The zero-order valence-electron chi connectivity index (χ0n) is 25.0. The fraction of sp³-hybridized carbons (Fsp3) is 0.219. The van der Waals surface area contributed by atoms with Crippen LogP contribution in [0.4, 0.5) is 5.69 Å². The fourth-order valence-electron chi connectivity index (χ4n) is 4.83. The molecule has 0 unspecified atom stereocenters. The Bertz CT molecular complexity index is 2020. The van der Waals surface area contributed by atoms with Gasteiger partial charge in [-0.25, -0.2) is 13.2 Å². The number of aromatic amines is 1. The molecule has 0 amide bonds. The van der Waals surface area contributed by atoms with Gasteiger partial charge in [0.2, 0.25) is 0 Å². The Hall–Kier alpha value is -4.21. The molecule has 0 fully saturated rings. The summed E-state index contributed by atoms with van der Waals surface area (Å²) in [5.41, 5.74) is 2.56. The van der Waals surface area contributed by atoms with Gasteiger partial charge in [-0.2, -0.15) is 8.42 Å². The molecule has 14 heteroatoms. The lowest BCUT2D eigenvalue weighted by Crippen LogP contribution is -2.32. The summed E-state index contributed by atoms with van der Waals surface area (Å²) < 4.78 is 64.4. The molecule has 0 aliphatic rings. The second-order valence-electron chi connectivity index (χ2n) is 10.5. The average Bonchev–Trinajstić information content (AvgIpc) is 3.72. The highest BCUT2D eigenvalue weighted by atomic mass is 32.2. The van der Waals surface area contributed by atoms with E-state index < -0.39 is 32.2 Å². The molecule has 0 aliphatic heterocycles. The van der Waals surface area contributed by atoms with Crippen LogP contribution in [0.5, 0.6) is 5.75 Å². The normalized spacial score (nSPS) is 13.3. The summed E-state index contributed by atoms with van der Waals surface area (Å²) in [5, 5.41) is 16.6. The van der Waals surface area contributed by atoms with Crippen LogP contribution in [0.2, 0.25) is 0 Å². The van der Waals surface area contributed by atoms with Gasteiger partial charge in [-0.05, 0) is 85.3 Å². The van der Waals surface area contributed by atoms with E-state index in [-0.39, 0.29) is 39.6 Å². The number of sulfonamides is 1. The molecule has 0 aliphatic carbocycles. The summed E-state index contributed by atoms with van der Waals surface area (Å²) in [7, 11) is -7.90. The van der Waals surface area contributed by atoms with Gasteiger partial charge in [-0.1, -0.05) is 30.3 Å². The van der Waals surface area contributed by atoms with Crippen molar-refractivity contribution in [3.8, 4) is 5.75 Å². The van der Waals surface area contributed by atoms with E-state index in [2.05, 4.69) is 15.0 Å². The predicted molar refractivity (Wildman–Crippen MR) is 176 cm³/mol. The van der Waals surface area contributed by atoms with Gasteiger partial charge in [-0.3, -0.25) is 4.72 Å². The van der Waals surface area contributed by atoms with Crippen LogP contribution in [-0.4, -0.2) is 52.1 Å². The maximum Gasteiger partial charge on any atom is 0.339 e. The van der Waals surface area contributed by atoms with Crippen LogP contribution >= 0.6 is 11.3 Å². The maximum atomic E-state index is 13.0. The van der Waals surface area contributed by atoms with E-state index in [1.165, 1.54) is 30.3 Å². The molecule has 2 heterocycles. The number of aliphatic hydroxyl groups is 1. The SMILES string of the molecule is CCOC(=O)c1ccc(S(=O)(=O)Oc2cccc3c(C[C@@H](C)NC[C@H](O)c4cccc(NS(=O)(=O)c5cccs5)c4)c[nH]c23)cc1. The van der Waals surface area contributed by atoms with E-state index in [1.807, 2.05) is 13.0 Å². The molecule has 2 aromatic heterocycles. The molecule has 0 bridgehead atoms. The Kier molecular flexibility index (Phi) is 10.1. The first-order chi connectivity index (χ1) is 22.0. The highest BCUT2D eigenvalue weighted by Crippen LogP contribution is 2.30. The van der Waals surface area contributed by atoms with Crippen molar-refractivity contribution in [1.82, 2.24) is 10.3 Å². The minimum Gasteiger partial charge on any atom is -0.462 e. The summed E-state index contributed by atoms with van der Waals surface area (Å²) in [6.07, 6.45) is 1.45. The van der Waals surface area contributed by atoms with Gasteiger partial charge in [0.1, 0.15) is 9.10 Å². The number of ether oxygens (including phenoxy) is 1. The summed E-state index contributed by atoms with van der Waals surface area (Å²) in [6, 6.07) is 20.2. The number of esters is 1. The van der Waals surface area contributed by atoms with E-state index in [1.54, 1.807) is 61.0 Å². The molecule has 242 valence electrons. The van der Waals surface area contributed by atoms with E-state index in [9.17, 15) is 26.7 Å². The lowest BCUT2D eigenvalue weighted by molar-refractivity contribution is 0.0526. The Morgan fingerprint density at radius 3 is 2.48 bits per heavy atom. The van der Waals surface area contributed by atoms with Gasteiger partial charge in [0, 0.05) is 29.9 Å². The number of rotatable bonds is 14. The van der Waals surface area contributed by atoms with E-state index in [0.29, 0.717) is 23.2 Å². The number of H-pyrrole nitrogens is 1. The van der Waals surface area contributed by atoms with Crippen LogP contribution in [0.15, 0.2) is 99.5 Å². The third kappa shape index (κ3) is 7.77. The number of aromatic nitrogens is 1. The molecule has 0 saturated heterocycles. The Labute approximate surface area is 271 Å². The lowest BCUT2D eigenvalue weighted by atomic mass is 10.0. The largest absolute Gasteiger partial charge is 0.462 e. The number of thiophene rings is 1. The summed E-state index contributed by atoms with van der Waals surface area (Å²) in [4.78, 5) is 14.9. The Morgan fingerprint density at radius 2 is 1.76 bits per heavy atom. The smallest absolute Gasteiger partial charge is 0.339 e. The number of para-hydroxylation sites is 1. The van der Waals surface area contributed by atoms with Crippen LogP contribution < -0.4 is 14.2 Å². The number of anilines is 1. The zero-order chi connectivity index (χ0) is 32.9. The predicted octanol–water partition coefficient (Wildman–Crippen LogP) is 5.23. The van der Waals surface area contributed by atoms with Gasteiger partial charge >= 0.3 is 16.1 Å². The lowest BCUT2D eigenvalue weighted by Gasteiger charge is -2.18. The van der Waals surface area contributed by atoms with Crippen molar-refractivity contribution in [3.63, 3.8) is 0 Å². The van der Waals surface area contributed by atoms with Gasteiger partial charge in [-0.15, -0.1) is 11.3 Å². The highest BCUT2D eigenvalue weighted by molar-refractivity contribution is 7.94. The standard InChI is InChI=1S/C32H33N3O8S3/c1-3-42-32(37)22-12-14-26(15-13-22)46(40,41)43-29-10-5-9-27-24(19-34-31(27)29)17-21(2)33-20-28(36)23-7-4-8-25(18-23)35-45(38,39)30-11-6-16-44-30/h4-16,18-19,21,28,33-36H,3,17,20H2,1-2H3/t21-,28+/m1/s1. The molecule has 0 saturated carbocycles. The average molecular weight is 684 g/mol. The van der Waals surface area contributed by atoms with Crippen LogP contribution in [-0.2, 0) is 31.3 Å². The number of benzene rings is 3. The topological polar surface area (TPSA) is 164 Å². The van der Waals surface area contributed by atoms with E-state index >= 15 is 0 Å². The monoisotopic (exact) mass is 683 g/mol. The Morgan fingerprint density at radius 1 is 1.00 bits per heavy atom. The van der Waals surface area contributed by atoms with E-state index in [4.69, 9.17) is 8.92 Å². The summed E-state index contributed by atoms with van der Waals surface area (Å²) in [6.45, 7) is 4.07. The van der Waals surface area contributed by atoms with Crippen LogP contribution in [0.25, 0.3) is 10.9 Å². The van der Waals surface area contributed by atoms with E-state index in [0.717, 1.165) is 22.3 Å². The number of carbonyl (C=O) groups is 1. The molecule has 3 aromatic carbocycles. The number of nitrogens with one attached hydrogen (secondary N) is 3. The second kappa shape index (κ2) is 14.1. The first kappa shape index (κ1) is 33.2. The molecule has 0 spiro atoms. The van der Waals surface area contributed by atoms with Crippen molar-refractivity contribution in [2.45, 2.75) is 41.5 Å². The molecular formula is C32H33N3O8S3. The quantitative estimate of drug-likeness (QED) is 0.0907. The van der Waals surface area contributed by atoms with Gasteiger partial charge in [0.05, 0.1) is 23.8 Å². The number of hydrogen-bond donors (Lipinski definition) is 4. The number of hydrogen-bond acceptors (Lipinski definition) is 10. The molecule has 4 N–H and O–H groups in total. The van der Waals surface area contributed by atoms with Crippen LogP contribution in [0, 0.1) is 0 Å². The molecule has 5 aromatic rings. The number of aliphatic hydroxyl groups excluding tert-OH is 1. The van der Waals surface area contributed by atoms with Gasteiger partial charge in [0.15, 0.2) is 5.75 Å². The summed E-state index contributed by atoms with van der Waals surface area (Å²) in [5.74, 6) is -0.414. The van der Waals surface area contributed by atoms with Crippen molar-refractivity contribution < 1.29 is 35.7 Å². The first-order valence-electron chi connectivity index (χ1n) is 14.3. The molecular weight excluding hydrogens is 651 g/mol. The van der Waals surface area contributed by atoms with Crippen molar-refractivity contribution >= 4 is 54.0 Å². The molecule has 0 radical (unpaired) electrons. The third-order valence-electron chi connectivity index (χ3n) is 7.09. The van der Waals surface area contributed by atoms with Crippen LogP contribution in [0.1, 0.15) is 41.4 Å². The minimum atomic E-state index is -4.19. The Balaban J connectivity index is 1.21. The van der Waals surface area contributed by atoms with Gasteiger partial charge < -0.3 is 24.3 Å². The molecule has 11 nitrogen and oxygen atoms in total. The molecule has 5 rings (SSSR count). The van der Waals surface area contributed by atoms with Crippen molar-refractivity contribution in [2.75, 3.05) is 17.9 Å². The summed E-state index contributed by atoms with van der Waals surface area (Å²) >= 11 is 1.12. The first-order valence-corrected chi connectivity index (χ1v) is 18.1. The van der Waals surface area contributed by atoms with Crippen molar-refractivity contribution in [2.24, 2.45) is 0 Å². The zero-order valence-corrected chi connectivity index (χ0v) is 27.4. The van der Waals surface area contributed by atoms with Crippen molar-refractivity contribution in [3.05, 3.63) is 107 Å². The second-order valence-corrected chi connectivity index (χ2v) is 14.9. The maximum absolute atomic E-state index is 13.0. The van der Waals surface area contributed by atoms with Crippen molar-refractivity contribution in [1.29, 1.82) is 0 Å². The fourth-order valence-corrected chi connectivity index (χ4v) is 7.81. The third-order valence-corrected chi connectivity index (χ3v) is 11.1. The van der Waals surface area contributed by atoms with Crippen LogP contribution in [0.3, 0.4) is 0 Å².